The molecular formula is C10H16N2O2. The Kier molecular flexibility index (Phi) is 3.28. The molecule has 0 fully saturated rings. The normalized spacial score (nSPS) is 13.1. The van der Waals surface area contributed by atoms with Crippen LogP contribution in [0.15, 0.2) is 6.20 Å². The van der Waals surface area contributed by atoms with Gasteiger partial charge in [0.25, 0.3) is 0 Å². The first-order valence-corrected chi connectivity index (χ1v) is 4.77. The number of imidazole rings is 1. The lowest BCUT2D eigenvalue weighted by atomic mass is 10.1. The van der Waals surface area contributed by atoms with E-state index >= 15 is 0 Å². The summed E-state index contributed by atoms with van der Waals surface area (Å²) in [4.78, 5) is 17.8. The molecule has 1 unspecified atom stereocenters. The number of aromatic nitrogens is 2. The lowest BCUT2D eigenvalue weighted by Gasteiger charge is -2.02. The number of aliphatic carboxylic acids is 1. The predicted molar refractivity (Wildman–Crippen MR) is 53.2 cm³/mol. The summed E-state index contributed by atoms with van der Waals surface area (Å²) in [5, 5.41) is 8.77. The van der Waals surface area contributed by atoms with E-state index in [2.05, 4.69) is 23.8 Å². The SMILES string of the molecule is CC(C)Cc1cnc(C(C)C(=O)O)[nH]1. The van der Waals surface area contributed by atoms with Gasteiger partial charge in [0.2, 0.25) is 0 Å². The molecule has 0 aliphatic rings. The van der Waals surface area contributed by atoms with Crippen molar-refractivity contribution in [2.45, 2.75) is 33.1 Å². The van der Waals surface area contributed by atoms with Gasteiger partial charge in [0.15, 0.2) is 0 Å². The zero-order chi connectivity index (χ0) is 10.7. The number of H-pyrrole nitrogens is 1. The van der Waals surface area contributed by atoms with Crippen LogP contribution in [-0.4, -0.2) is 21.0 Å². The minimum atomic E-state index is -0.851. The summed E-state index contributed by atoms with van der Waals surface area (Å²) in [5.41, 5.74) is 1.00. The number of rotatable bonds is 4. The van der Waals surface area contributed by atoms with Crippen molar-refractivity contribution in [1.29, 1.82) is 0 Å². The van der Waals surface area contributed by atoms with Crippen molar-refractivity contribution in [3.05, 3.63) is 17.7 Å². The summed E-state index contributed by atoms with van der Waals surface area (Å²) in [6.45, 7) is 5.85. The number of nitrogens with zero attached hydrogens (tertiary/aromatic N) is 1. The Balaban J connectivity index is 2.72. The third kappa shape index (κ3) is 2.58. The summed E-state index contributed by atoms with van der Waals surface area (Å²) in [7, 11) is 0. The summed E-state index contributed by atoms with van der Waals surface area (Å²) in [6.07, 6.45) is 2.62. The predicted octanol–water partition coefficient (Wildman–Crippen LogP) is 1.80. The number of nitrogens with one attached hydrogen (secondary N) is 1. The van der Waals surface area contributed by atoms with Crippen LogP contribution in [0, 0.1) is 5.92 Å². The van der Waals surface area contributed by atoms with Crippen molar-refractivity contribution in [1.82, 2.24) is 9.97 Å². The Bertz CT molecular complexity index is 318. The van der Waals surface area contributed by atoms with Crippen LogP contribution in [0.4, 0.5) is 0 Å². The van der Waals surface area contributed by atoms with Gasteiger partial charge in [-0.25, -0.2) is 4.98 Å². The van der Waals surface area contributed by atoms with Gasteiger partial charge in [-0.15, -0.1) is 0 Å². The van der Waals surface area contributed by atoms with E-state index < -0.39 is 11.9 Å². The van der Waals surface area contributed by atoms with E-state index in [4.69, 9.17) is 5.11 Å². The highest BCUT2D eigenvalue weighted by molar-refractivity contribution is 5.74. The van der Waals surface area contributed by atoms with Gasteiger partial charge in [0, 0.05) is 11.9 Å². The lowest BCUT2D eigenvalue weighted by molar-refractivity contribution is -0.138. The molecule has 0 saturated carbocycles. The summed E-state index contributed by atoms with van der Waals surface area (Å²) in [6, 6.07) is 0. The van der Waals surface area contributed by atoms with Crippen molar-refractivity contribution in [3.8, 4) is 0 Å². The second-order valence-corrected chi connectivity index (χ2v) is 3.95. The third-order valence-electron chi connectivity index (χ3n) is 2.06. The molecular weight excluding hydrogens is 180 g/mol. The fourth-order valence-electron chi connectivity index (χ4n) is 1.26. The Morgan fingerprint density at radius 1 is 1.57 bits per heavy atom. The van der Waals surface area contributed by atoms with Crippen LogP contribution in [-0.2, 0) is 11.2 Å². The smallest absolute Gasteiger partial charge is 0.313 e. The topological polar surface area (TPSA) is 66.0 Å². The van der Waals surface area contributed by atoms with Crippen LogP contribution in [0.5, 0.6) is 0 Å². The zero-order valence-electron chi connectivity index (χ0n) is 8.74. The minimum Gasteiger partial charge on any atom is -0.481 e. The summed E-state index contributed by atoms with van der Waals surface area (Å²) < 4.78 is 0. The number of hydrogen-bond donors (Lipinski definition) is 2. The molecule has 0 amide bonds. The number of carbonyl (C=O) groups is 1. The van der Waals surface area contributed by atoms with Gasteiger partial charge in [-0.3, -0.25) is 4.79 Å². The molecule has 0 radical (unpaired) electrons. The van der Waals surface area contributed by atoms with E-state index in [1.165, 1.54) is 0 Å². The fourth-order valence-corrected chi connectivity index (χ4v) is 1.26. The molecule has 0 aliphatic carbocycles. The van der Waals surface area contributed by atoms with Crippen molar-refractivity contribution >= 4 is 5.97 Å². The molecule has 0 saturated heterocycles. The maximum absolute atomic E-state index is 10.7. The average Bonchev–Trinajstić information content (AvgIpc) is 2.50. The molecule has 4 heteroatoms. The quantitative estimate of drug-likeness (QED) is 0.771. The Hall–Kier alpha value is -1.32. The third-order valence-corrected chi connectivity index (χ3v) is 2.06. The maximum Gasteiger partial charge on any atom is 0.313 e. The van der Waals surface area contributed by atoms with E-state index in [1.54, 1.807) is 13.1 Å². The molecule has 0 aromatic carbocycles. The van der Waals surface area contributed by atoms with Gasteiger partial charge in [0.05, 0.1) is 0 Å². The van der Waals surface area contributed by atoms with Crippen molar-refractivity contribution in [2.75, 3.05) is 0 Å². The minimum absolute atomic E-state index is 0.535. The Morgan fingerprint density at radius 3 is 2.71 bits per heavy atom. The van der Waals surface area contributed by atoms with E-state index in [-0.39, 0.29) is 0 Å². The molecule has 1 aromatic rings. The molecule has 1 heterocycles. The van der Waals surface area contributed by atoms with Crippen LogP contribution in [0.25, 0.3) is 0 Å². The maximum atomic E-state index is 10.7. The first-order chi connectivity index (χ1) is 6.50. The largest absolute Gasteiger partial charge is 0.481 e. The van der Waals surface area contributed by atoms with E-state index in [0.29, 0.717) is 11.7 Å². The van der Waals surface area contributed by atoms with Gasteiger partial charge in [-0.05, 0) is 19.3 Å². The molecule has 4 nitrogen and oxygen atoms in total. The average molecular weight is 196 g/mol. The van der Waals surface area contributed by atoms with Crippen LogP contribution in [0.2, 0.25) is 0 Å². The molecule has 14 heavy (non-hydrogen) atoms. The standard InChI is InChI=1S/C10H16N2O2/c1-6(2)4-8-5-11-9(12-8)7(3)10(13)14/h5-7H,4H2,1-3H3,(H,11,12)(H,13,14). The molecule has 1 rings (SSSR count). The van der Waals surface area contributed by atoms with E-state index in [9.17, 15) is 4.79 Å². The highest BCUT2D eigenvalue weighted by Crippen LogP contribution is 2.13. The molecule has 1 atom stereocenters. The van der Waals surface area contributed by atoms with E-state index in [0.717, 1.165) is 12.1 Å². The van der Waals surface area contributed by atoms with Crippen molar-refractivity contribution in [3.63, 3.8) is 0 Å². The fraction of sp³-hybridized carbons (Fsp3) is 0.600. The monoisotopic (exact) mass is 196 g/mol. The van der Waals surface area contributed by atoms with Crippen LogP contribution >= 0.6 is 0 Å². The van der Waals surface area contributed by atoms with Gasteiger partial charge in [-0.2, -0.15) is 0 Å². The number of aromatic amines is 1. The molecule has 1 aromatic heterocycles. The zero-order valence-corrected chi connectivity index (χ0v) is 8.74. The van der Waals surface area contributed by atoms with Crippen molar-refractivity contribution < 1.29 is 9.90 Å². The first-order valence-electron chi connectivity index (χ1n) is 4.77. The molecule has 0 aliphatic heterocycles. The summed E-state index contributed by atoms with van der Waals surface area (Å²) >= 11 is 0. The molecule has 78 valence electrons. The highest BCUT2D eigenvalue weighted by atomic mass is 16.4. The molecule has 2 N–H and O–H groups in total. The number of carboxylic acid groups (broad SMARTS) is 1. The Labute approximate surface area is 83.4 Å². The van der Waals surface area contributed by atoms with E-state index in [1.807, 2.05) is 0 Å². The second-order valence-electron chi connectivity index (χ2n) is 3.95. The summed E-state index contributed by atoms with van der Waals surface area (Å²) in [5.74, 6) is -0.331. The van der Waals surface area contributed by atoms with Crippen LogP contribution < -0.4 is 0 Å². The lowest BCUT2D eigenvalue weighted by Crippen LogP contribution is -2.09. The molecule has 0 spiro atoms. The van der Waals surface area contributed by atoms with Gasteiger partial charge >= 0.3 is 5.97 Å². The van der Waals surface area contributed by atoms with Crippen LogP contribution in [0.1, 0.15) is 38.2 Å². The van der Waals surface area contributed by atoms with Crippen molar-refractivity contribution in [2.24, 2.45) is 5.92 Å². The van der Waals surface area contributed by atoms with Gasteiger partial charge in [-0.1, -0.05) is 13.8 Å². The molecule has 0 bridgehead atoms. The second kappa shape index (κ2) is 4.26. The van der Waals surface area contributed by atoms with Gasteiger partial charge < -0.3 is 10.1 Å². The number of carboxylic acids is 1. The van der Waals surface area contributed by atoms with Gasteiger partial charge in [0.1, 0.15) is 11.7 Å². The number of hydrogen-bond acceptors (Lipinski definition) is 2. The Morgan fingerprint density at radius 2 is 2.21 bits per heavy atom. The van der Waals surface area contributed by atoms with Crippen LogP contribution in [0.3, 0.4) is 0 Å². The first kappa shape index (κ1) is 10.8. The highest BCUT2D eigenvalue weighted by Gasteiger charge is 2.16.